The van der Waals surface area contributed by atoms with Gasteiger partial charge in [0, 0.05) is 13.1 Å². The molecule has 2 atom stereocenters. The second-order valence-electron chi connectivity index (χ2n) is 5.01. The molecule has 2 rings (SSSR count). The largest absolute Gasteiger partial charge is 0.497 e. The average Bonchev–Trinajstić information content (AvgIpc) is 2.47. The molecule has 0 aromatic heterocycles. The molecule has 106 valence electrons. The quantitative estimate of drug-likeness (QED) is 0.881. The van der Waals surface area contributed by atoms with Crippen LogP contribution in [-0.4, -0.2) is 44.4 Å². The van der Waals surface area contributed by atoms with Crippen LogP contribution >= 0.6 is 0 Å². The Hall–Kier alpha value is -1.10. The Bertz CT molecular complexity index is 378. The van der Waals surface area contributed by atoms with Crippen LogP contribution in [0.2, 0.25) is 0 Å². The van der Waals surface area contributed by atoms with E-state index in [0.29, 0.717) is 0 Å². The van der Waals surface area contributed by atoms with Crippen molar-refractivity contribution < 1.29 is 9.47 Å². The maximum atomic E-state index is 6.33. The maximum Gasteiger partial charge on any atom is 0.118 e. The summed E-state index contributed by atoms with van der Waals surface area (Å²) in [7, 11) is 1.67. The fraction of sp³-hybridized carbons (Fsp3) is 0.600. The lowest BCUT2D eigenvalue weighted by molar-refractivity contribution is -0.0408. The van der Waals surface area contributed by atoms with Crippen molar-refractivity contribution in [2.45, 2.75) is 25.5 Å². The molecule has 1 heterocycles. The van der Waals surface area contributed by atoms with Gasteiger partial charge in [-0.3, -0.25) is 4.90 Å². The molecule has 0 bridgehead atoms. The predicted molar refractivity (Wildman–Crippen MR) is 76.4 cm³/mol. The Labute approximate surface area is 115 Å². The lowest BCUT2D eigenvalue weighted by Crippen LogP contribution is -2.47. The minimum absolute atomic E-state index is 0.0775. The molecule has 2 N–H and O–H groups in total. The minimum atomic E-state index is -0.0782. The van der Waals surface area contributed by atoms with Crippen molar-refractivity contribution in [3.05, 3.63) is 29.8 Å². The predicted octanol–water partition coefficient (Wildman–Crippen LogP) is 1.81. The monoisotopic (exact) mass is 264 g/mol. The SMILES string of the molecule is CCCN1CCOC(C(N)c2ccc(OC)cc2)C1. The van der Waals surface area contributed by atoms with E-state index in [1.54, 1.807) is 7.11 Å². The van der Waals surface area contributed by atoms with Crippen LogP contribution in [0.25, 0.3) is 0 Å². The normalized spacial score (nSPS) is 22.2. The van der Waals surface area contributed by atoms with Crippen LogP contribution in [0.4, 0.5) is 0 Å². The van der Waals surface area contributed by atoms with Crippen molar-refractivity contribution >= 4 is 0 Å². The van der Waals surface area contributed by atoms with Crippen molar-refractivity contribution in [1.82, 2.24) is 4.90 Å². The molecule has 0 radical (unpaired) electrons. The van der Waals surface area contributed by atoms with E-state index < -0.39 is 0 Å². The van der Waals surface area contributed by atoms with E-state index >= 15 is 0 Å². The van der Waals surface area contributed by atoms with Gasteiger partial charge in [-0.15, -0.1) is 0 Å². The van der Waals surface area contributed by atoms with Crippen molar-refractivity contribution in [1.29, 1.82) is 0 Å². The first-order valence-corrected chi connectivity index (χ1v) is 6.98. The molecule has 19 heavy (non-hydrogen) atoms. The summed E-state index contributed by atoms with van der Waals surface area (Å²) in [4.78, 5) is 2.43. The lowest BCUT2D eigenvalue weighted by atomic mass is 10.0. The first-order valence-electron chi connectivity index (χ1n) is 6.98. The molecule has 1 aliphatic heterocycles. The average molecular weight is 264 g/mol. The molecule has 1 fully saturated rings. The Morgan fingerprint density at radius 2 is 2.16 bits per heavy atom. The second kappa shape index (κ2) is 6.89. The van der Waals surface area contributed by atoms with Crippen molar-refractivity contribution in [3.8, 4) is 5.75 Å². The molecule has 1 saturated heterocycles. The third kappa shape index (κ3) is 3.69. The zero-order chi connectivity index (χ0) is 13.7. The number of hydrogen-bond acceptors (Lipinski definition) is 4. The van der Waals surface area contributed by atoms with Crippen LogP contribution < -0.4 is 10.5 Å². The van der Waals surface area contributed by atoms with E-state index in [-0.39, 0.29) is 12.1 Å². The summed E-state index contributed by atoms with van der Waals surface area (Å²) < 4.78 is 11.0. The first kappa shape index (κ1) is 14.3. The minimum Gasteiger partial charge on any atom is -0.497 e. The van der Waals surface area contributed by atoms with Gasteiger partial charge in [-0.05, 0) is 30.7 Å². The highest BCUT2D eigenvalue weighted by Crippen LogP contribution is 2.22. The van der Waals surface area contributed by atoms with Crippen molar-refractivity contribution in [2.24, 2.45) is 5.73 Å². The number of morpholine rings is 1. The highest BCUT2D eigenvalue weighted by molar-refractivity contribution is 5.29. The summed E-state index contributed by atoms with van der Waals surface area (Å²) in [5.41, 5.74) is 7.43. The Kier molecular flexibility index (Phi) is 5.19. The molecule has 2 unspecified atom stereocenters. The summed E-state index contributed by atoms with van der Waals surface area (Å²) in [6, 6.07) is 7.85. The van der Waals surface area contributed by atoms with Crippen LogP contribution in [0.15, 0.2) is 24.3 Å². The van der Waals surface area contributed by atoms with Gasteiger partial charge in [0.15, 0.2) is 0 Å². The summed E-state index contributed by atoms with van der Waals surface area (Å²) in [6.45, 7) is 6.03. The Balaban J connectivity index is 1.99. The molecule has 0 amide bonds. The number of rotatable bonds is 5. The van der Waals surface area contributed by atoms with Crippen LogP contribution in [0.3, 0.4) is 0 Å². The smallest absolute Gasteiger partial charge is 0.118 e. The standard InChI is InChI=1S/C15H24N2O2/c1-3-8-17-9-10-19-14(11-17)15(16)12-4-6-13(18-2)7-5-12/h4-7,14-15H,3,8-11,16H2,1-2H3. The molecule has 1 aliphatic rings. The van der Waals surface area contributed by atoms with Gasteiger partial charge in [-0.25, -0.2) is 0 Å². The number of ether oxygens (including phenoxy) is 2. The fourth-order valence-electron chi connectivity index (χ4n) is 2.51. The van der Waals surface area contributed by atoms with Gasteiger partial charge < -0.3 is 15.2 Å². The van der Waals surface area contributed by atoms with E-state index in [4.69, 9.17) is 15.2 Å². The number of hydrogen-bond donors (Lipinski definition) is 1. The molecular weight excluding hydrogens is 240 g/mol. The highest BCUT2D eigenvalue weighted by atomic mass is 16.5. The third-order valence-corrected chi connectivity index (χ3v) is 3.62. The van der Waals surface area contributed by atoms with E-state index in [9.17, 15) is 0 Å². The maximum absolute atomic E-state index is 6.33. The van der Waals surface area contributed by atoms with Gasteiger partial charge >= 0.3 is 0 Å². The van der Waals surface area contributed by atoms with E-state index in [1.165, 1.54) is 6.42 Å². The highest BCUT2D eigenvalue weighted by Gasteiger charge is 2.26. The topological polar surface area (TPSA) is 47.7 Å². The molecule has 0 spiro atoms. The molecular formula is C15H24N2O2. The molecule has 1 aromatic carbocycles. The van der Waals surface area contributed by atoms with Gasteiger partial charge in [-0.1, -0.05) is 19.1 Å². The summed E-state index contributed by atoms with van der Waals surface area (Å²) >= 11 is 0. The fourth-order valence-corrected chi connectivity index (χ4v) is 2.51. The summed E-state index contributed by atoms with van der Waals surface area (Å²) in [5, 5.41) is 0. The van der Waals surface area contributed by atoms with E-state index in [1.807, 2.05) is 24.3 Å². The number of benzene rings is 1. The first-order chi connectivity index (χ1) is 9.24. The van der Waals surface area contributed by atoms with Gasteiger partial charge in [0.05, 0.1) is 25.9 Å². The van der Waals surface area contributed by atoms with E-state index in [2.05, 4.69) is 11.8 Å². The van der Waals surface area contributed by atoms with Crippen LogP contribution in [0.1, 0.15) is 24.9 Å². The van der Waals surface area contributed by atoms with Gasteiger partial charge in [0.2, 0.25) is 0 Å². The summed E-state index contributed by atoms with van der Waals surface area (Å²) in [5.74, 6) is 0.855. The van der Waals surface area contributed by atoms with Crippen LogP contribution in [-0.2, 0) is 4.74 Å². The zero-order valence-electron chi connectivity index (χ0n) is 11.8. The van der Waals surface area contributed by atoms with Crippen LogP contribution in [0.5, 0.6) is 5.75 Å². The molecule has 0 saturated carbocycles. The molecule has 0 aliphatic carbocycles. The zero-order valence-corrected chi connectivity index (χ0v) is 11.8. The number of nitrogens with zero attached hydrogens (tertiary/aromatic N) is 1. The van der Waals surface area contributed by atoms with Gasteiger partial charge in [-0.2, -0.15) is 0 Å². The lowest BCUT2D eigenvalue weighted by Gasteiger charge is -2.35. The summed E-state index contributed by atoms with van der Waals surface area (Å²) in [6.07, 6.45) is 1.25. The Morgan fingerprint density at radius 1 is 1.42 bits per heavy atom. The van der Waals surface area contributed by atoms with Crippen molar-refractivity contribution in [3.63, 3.8) is 0 Å². The van der Waals surface area contributed by atoms with Gasteiger partial charge in [0.1, 0.15) is 5.75 Å². The molecule has 4 heteroatoms. The molecule has 4 nitrogen and oxygen atoms in total. The second-order valence-corrected chi connectivity index (χ2v) is 5.01. The van der Waals surface area contributed by atoms with Crippen LogP contribution in [0, 0.1) is 0 Å². The number of methoxy groups -OCH3 is 1. The third-order valence-electron chi connectivity index (χ3n) is 3.62. The number of nitrogens with two attached hydrogens (primary N) is 1. The van der Waals surface area contributed by atoms with Gasteiger partial charge in [0.25, 0.3) is 0 Å². The molecule has 1 aromatic rings. The van der Waals surface area contributed by atoms with E-state index in [0.717, 1.165) is 37.6 Å². The van der Waals surface area contributed by atoms with Crippen molar-refractivity contribution in [2.75, 3.05) is 33.4 Å². The Morgan fingerprint density at radius 3 is 2.79 bits per heavy atom.